The first-order valence-electron chi connectivity index (χ1n) is 11.3. The summed E-state index contributed by atoms with van der Waals surface area (Å²) in [6.07, 6.45) is -3.29. The molecule has 0 unspecified atom stereocenters. The Morgan fingerprint density at radius 1 is 0.833 bits per heavy atom. The molecule has 10 nitrogen and oxygen atoms in total. The van der Waals surface area contributed by atoms with E-state index >= 15 is 0 Å². The highest BCUT2D eigenvalue weighted by Gasteiger charge is 2.37. The highest BCUT2D eigenvalue weighted by atomic mass is 16.6. The largest absolute Gasteiger partial charge is 0.443 e. The first-order valence-corrected chi connectivity index (χ1v) is 11.3. The Kier molecular flexibility index (Phi) is 9.42. The van der Waals surface area contributed by atoms with Crippen LogP contribution in [-0.4, -0.2) is 45.8 Å². The quantitative estimate of drug-likeness (QED) is 0.307. The summed E-state index contributed by atoms with van der Waals surface area (Å²) in [4.78, 5) is 43.6. The van der Waals surface area contributed by atoms with Crippen LogP contribution < -0.4 is 5.73 Å². The maximum absolute atomic E-state index is 13.2. The fourth-order valence-electron chi connectivity index (χ4n) is 2.60. The zero-order valence-corrected chi connectivity index (χ0v) is 22.7. The van der Waals surface area contributed by atoms with Crippen LogP contribution >= 0.6 is 0 Å². The van der Waals surface area contributed by atoms with Gasteiger partial charge in [-0.15, -0.1) is 0 Å². The number of rotatable bonds is 2. The van der Waals surface area contributed by atoms with E-state index in [0.717, 1.165) is 0 Å². The lowest BCUT2D eigenvalue weighted by atomic mass is 10.0. The molecule has 0 spiro atoms. The standard InChI is InChI=1S/C26H36N4O6/c1-16(19(28)18-13-11-17(15-27)12-14-18)20(29-21(31)34-24(2,3)4)30(22(32)35-25(5,6)7)23(33)36-26(8,9)10/h11-14H,28H2,1-10H3/b19-16-,29-20-. The van der Waals surface area contributed by atoms with Crippen LogP contribution in [0.3, 0.4) is 0 Å². The number of hydrogen-bond donors (Lipinski definition) is 1. The minimum atomic E-state index is -1.12. The zero-order chi connectivity index (χ0) is 28.1. The third-order valence-electron chi connectivity index (χ3n) is 4.02. The van der Waals surface area contributed by atoms with Gasteiger partial charge < -0.3 is 19.9 Å². The summed E-state index contributed by atoms with van der Waals surface area (Å²) >= 11 is 0. The van der Waals surface area contributed by atoms with E-state index in [0.29, 0.717) is 16.0 Å². The van der Waals surface area contributed by atoms with Gasteiger partial charge in [0.2, 0.25) is 0 Å². The molecule has 0 aromatic heterocycles. The van der Waals surface area contributed by atoms with E-state index in [9.17, 15) is 14.4 Å². The molecule has 196 valence electrons. The molecule has 1 aromatic rings. The van der Waals surface area contributed by atoms with Gasteiger partial charge >= 0.3 is 18.3 Å². The lowest BCUT2D eigenvalue weighted by molar-refractivity contribution is 0.0148. The fraction of sp³-hybridized carbons (Fsp3) is 0.500. The van der Waals surface area contributed by atoms with Gasteiger partial charge in [0.1, 0.15) is 16.8 Å². The molecular formula is C26H36N4O6. The van der Waals surface area contributed by atoms with Crippen LogP contribution in [-0.2, 0) is 14.2 Å². The van der Waals surface area contributed by atoms with Crippen LogP contribution in [0.2, 0.25) is 0 Å². The molecule has 0 aliphatic carbocycles. The van der Waals surface area contributed by atoms with Gasteiger partial charge in [-0.3, -0.25) is 0 Å². The van der Waals surface area contributed by atoms with Crippen molar-refractivity contribution in [1.82, 2.24) is 4.90 Å². The molecule has 0 aliphatic rings. The van der Waals surface area contributed by atoms with Gasteiger partial charge in [-0.2, -0.15) is 15.2 Å². The molecule has 0 saturated carbocycles. The molecule has 0 aliphatic heterocycles. The predicted octanol–water partition coefficient (Wildman–Crippen LogP) is 5.75. The second-order valence-corrected chi connectivity index (χ2v) is 10.9. The van der Waals surface area contributed by atoms with Crippen LogP contribution in [0, 0.1) is 11.3 Å². The smallest absolute Gasteiger partial charge is 0.436 e. The van der Waals surface area contributed by atoms with E-state index in [1.165, 1.54) is 6.92 Å². The Bertz CT molecular complexity index is 1060. The zero-order valence-electron chi connectivity index (χ0n) is 22.7. The van der Waals surface area contributed by atoms with Crippen LogP contribution in [0.5, 0.6) is 0 Å². The highest BCUT2D eigenvalue weighted by molar-refractivity contribution is 6.19. The SMILES string of the molecule is CC(/C(=N/C(=O)OC(C)(C)C)N(C(=O)OC(C)(C)C)C(=O)OC(C)(C)C)=C(/N)c1ccc(C#N)cc1. The fourth-order valence-corrected chi connectivity index (χ4v) is 2.60. The first-order chi connectivity index (χ1) is 16.2. The van der Waals surface area contributed by atoms with Crippen molar-refractivity contribution in [3.8, 4) is 6.07 Å². The molecule has 2 N–H and O–H groups in total. The predicted molar refractivity (Wildman–Crippen MR) is 136 cm³/mol. The number of amides is 3. The Balaban J connectivity index is 3.82. The molecule has 0 heterocycles. The minimum Gasteiger partial charge on any atom is -0.443 e. The summed E-state index contributed by atoms with van der Waals surface area (Å²) in [7, 11) is 0. The van der Waals surface area contributed by atoms with Crippen molar-refractivity contribution in [2.75, 3.05) is 0 Å². The number of hydrogen-bond acceptors (Lipinski definition) is 8. The first kappa shape index (κ1) is 30.2. The summed E-state index contributed by atoms with van der Waals surface area (Å²) in [5.41, 5.74) is 4.58. The van der Waals surface area contributed by atoms with Crippen molar-refractivity contribution >= 4 is 29.8 Å². The van der Waals surface area contributed by atoms with Crippen molar-refractivity contribution in [3.63, 3.8) is 0 Å². The summed E-state index contributed by atoms with van der Waals surface area (Å²) in [5.74, 6) is -0.422. The molecule has 36 heavy (non-hydrogen) atoms. The van der Waals surface area contributed by atoms with Crippen LogP contribution in [0.1, 0.15) is 80.4 Å². The van der Waals surface area contributed by atoms with E-state index in [-0.39, 0.29) is 11.3 Å². The number of nitrogens with two attached hydrogens (primary N) is 1. The minimum absolute atomic E-state index is 0.0962. The van der Waals surface area contributed by atoms with Crippen molar-refractivity contribution in [3.05, 3.63) is 41.0 Å². The number of imide groups is 1. The van der Waals surface area contributed by atoms with Gasteiger partial charge in [0.15, 0.2) is 5.84 Å². The van der Waals surface area contributed by atoms with E-state index in [4.69, 9.17) is 25.2 Å². The molecule has 0 bridgehead atoms. The molecule has 1 rings (SSSR count). The normalized spacial score (nSPS) is 13.2. The maximum Gasteiger partial charge on any atom is 0.436 e. The molecule has 0 radical (unpaired) electrons. The molecule has 0 saturated heterocycles. The number of ether oxygens (including phenoxy) is 3. The average molecular weight is 501 g/mol. The Morgan fingerprint density at radius 2 is 1.25 bits per heavy atom. The molecule has 1 aromatic carbocycles. The Hall–Kier alpha value is -3.87. The van der Waals surface area contributed by atoms with Gasteiger partial charge in [-0.1, -0.05) is 12.1 Å². The number of benzene rings is 1. The van der Waals surface area contributed by atoms with Crippen LogP contribution in [0.25, 0.3) is 5.70 Å². The summed E-state index contributed by atoms with van der Waals surface area (Å²) < 4.78 is 16.1. The molecule has 0 atom stereocenters. The monoisotopic (exact) mass is 500 g/mol. The van der Waals surface area contributed by atoms with E-state index < -0.39 is 40.9 Å². The number of nitriles is 1. The third kappa shape index (κ3) is 9.78. The summed E-state index contributed by atoms with van der Waals surface area (Å²) in [5, 5.41) is 9.06. The third-order valence-corrected chi connectivity index (χ3v) is 4.02. The highest BCUT2D eigenvalue weighted by Crippen LogP contribution is 2.22. The van der Waals surface area contributed by atoms with Gasteiger partial charge in [0, 0.05) is 11.3 Å². The lowest BCUT2D eigenvalue weighted by Gasteiger charge is -2.29. The van der Waals surface area contributed by atoms with E-state index in [2.05, 4.69) is 4.99 Å². The van der Waals surface area contributed by atoms with E-state index in [1.807, 2.05) is 6.07 Å². The molecule has 3 amide bonds. The molecule has 0 fully saturated rings. The Morgan fingerprint density at radius 3 is 1.61 bits per heavy atom. The van der Waals surface area contributed by atoms with Crippen molar-refractivity contribution in [2.24, 2.45) is 10.7 Å². The number of carbonyl (C=O) groups is 3. The summed E-state index contributed by atoms with van der Waals surface area (Å²) in [6.45, 7) is 16.2. The Labute approximate surface area is 212 Å². The van der Waals surface area contributed by atoms with Gasteiger partial charge in [-0.05, 0) is 86.9 Å². The second-order valence-electron chi connectivity index (χ2n) is 10.9. The van der Waals surface area contributed by atoms with Gasteiger partial charge in [-0.25, -0.2) is 14.4 Å². The average Bonchev–Trinajstić information content (AvgIpc) is 2.68. The van der Waals surface area contributed by atoms with Crippen molar-refractivity contribution in [2.45, 2.75) is 86.0 Å². The second kappa shape index (κ2) is 11.2. The van der Waals surface area contributed by atoms with Gasteiger partial charge in [0.25, 0.3) is 0 Å². The van der Waals surface area contributed by atoms with E-state index in [1.54, 1.807) is 86.6 Å². The molecular weight excluding hydrogens is 464 g/mol. The number of aliphatic imine (C=N–C) groups is 1. The number of nitrogens with zero attached hydrogens (tertiary/aromatic N) is 3. The molecule has 10 heteroatoms. The van der Waals surface area contributed by atoms with Crippen molar-refractivity contribution in [1.29, 1.82) is 5.26 Å². The van der Waals surface area contributed by atoms with Gasteiger partial charge in [0.05, 0.1) is 11.6 Å². The number of carbonyl (C=O) groups excluding carboxylic acids is 3. The lowest BCUT2D eigenvalue weighted by Crippen LogP contribution is -2.48. The number of amidine groups is 1. The van der Waals surface area contributed by atoms with Crippen LogP contribution in [0.15, 0.2) is 34.8 Å². The van der Waals surface area contributed by atoms with Crippen LogP contribution in [0.4, 0.5) is 14.4 Å². The summed E-state index contributed by atoms with van der Waals surface area (Å²) in [6, 6.07) is 8.30. The topological polar surface area (TPSA) is 144 Å². The van der Waals surface area contributed by atoms with Crippen molar-refractivity contribution < 1.29 is 28.6 Å². The maximum atomic E-state index is 13.2.